The molecule has 10 nitrogen and oxygen atoms in total. The number of aromatic amines is 1. The molecule has 1 fully saturated rings. The van der Waals surface area contributed by atoms with Gasteiger partial charge in [-0.3, -0.25) is 5.10 Å². The van der Waals surface area contributed by atoms with Gasteiger partial charge in [0.2, 0.25) is 0 Å². The topological polar surface area (TPSA) is 131 Å². The molecule has 2 aromatic carbocycles. The number of anilines is 1. The number of nitrogens with one attached hydrogen (secondary N) is 3. The second-order valence-electron chi connectivity index (χ2n) is 9.42. The number of carbonyl (C=O) groups excluding carboxylic acids is 2. The van der Waals surface area contributed by atoms with Crippen molar-refractivity contribution in [3.63, 3.8) is 0 Å². The number of carboxylic acid groups (broad SMARTS) is 1. The van der Waals surface area contributed by atoms with Gasteiger partial charge >= 0.3 is 18.0 Å². The van der Waals surface area contributed by atoms with Crippen LogP contribution in [0.5, 0.6) is 0 Å². The van der Waals surface area contributed by atoms with Crippen molar-refractivity contribution in [1.29, 1.82) is 0 Å². The lowest BCUT2D eigenvalue weighted by Gasteiger charge is -2.41. The number of aromatic nitrogens is 2. The summed E-state index contributed by atoms with van der Waals surface area (Å²) in [6.45, 7) is 4.75. The zero-order valence-corrected chi connectivity index (χ0v) is 19.7. The summed E-state index contributed by atoms with van der Waals surface area (Å²) in [5.41, 5.74) is 2.44. The second-order valence-corrected chi connectivity index (χ2v) is 9.42. The molecule has 5 rings (SSSR count). The number of urea groups is 2. The number of nitrogens with zero attached hydrogens (tertiary/aromatic N) is 3. The Bertz CT molecular complexity index is 1310. The van der Waals surface area contributed by atoms with Gasteiger partial charge in [-0.15, -0.1) is 0 Å². The Morgan fingerprint density at radius 3 is 2.69 bits per heavy atom. The van der Waals surface area contributed by atoms with Crippen molar-refractivity contribution in [1.82, 2.24) is 25.3 Å². The predicted octanol–water partition coefficient (Wildman–Crippen LogP) is 3.39. The summed E-state index contributed by atoms with van der Waals surface area (Å²) in [6.07, 6.45) is 2.87. The standard InChI is InChI=1S/C25H28N6O4/c1-15-11-18(12-17-13-26-29-21(15)17)25(2,22(32)33)28-24(35)30-9-7-19(8-10-30)31-14-16-5-3-4-6-20(16)27-23(31)34/h3-6,11-13,19H,7-10,14H2,1-2H3,(H,26,29)(H,27,34)(H,28,35)(H,32,33). The van der Waals surface area contributed by atoms with Crippen LogP contribution in [0.3, 0.4) is 0 Å². The third-order valence-electron chi connectivity index (χ3n) is 7.16. The quantitative estimate of drug-likeness (QED) is 0.459. The summed E-state index contributed by atoms with van der Waals surface area (Å²) < 4.78 is 0. The highest BCUT2D eigenvalue weighted by molar-refractivity contribution is 5.93. The Morgan fingerprint density at radius 1 is 1.20 bits per heavy atom. The number of carbonyl (C=O) groups is 3. The minimum absolute atomic E-state index is 0.00408. The number of rotatable bonds is 4. The van der Waals surface area contributed by atoms with E-state index in [9.17, 15) is 19.5 Å². The number of hydrogen-bond acceptors (Lipinski definition) is 4. The number of benzene rings is 2. The van der Waals surface area contributed by atoms with Gasteiger partial charge in [0.15, 0.2) is 5.54 Å². The third-order valence-corrected chi connectivity index (χ3v) is 7.16. The average Bonchev–Trinajstić information content (AvgIpc) is 3.33. The van der Waals surface area contributed by atoms with Crippen LogP contribution in [0.2, 0.25) is 0 Å². The number of amides is 4. The number of para-hydroxylation sites is 1. The van der Waals surface area contributed by atoms with Crippen molar-refractivity contribution in [2.24, 2.45) is 0 Å². The number of piperidine rings is 1. The lowest BCUT2D eigenvalue weighted by Crippen LogP contribution is -2.57. The first-order chi connectivity index (χ1) is 16.8. The Hall–Kier alpha value is -4.08. The highest BCUT2D eigenvalue weighted by Crippen LogP contribution is 2.30. The predicted molar refractivity (Wildman–Crippen MR) is 130 cm³/mol. The summed E-state index contributed by atoms with van der Waals surface area (Å²) >= 11 is 0. The van der Waals surface area contributed by atoms with E-state index in [4.69, 9.17) is 0 Å². The summed E-state index contributed by atoms with van der Waals surface area (Å²) in [6, 6.07) is 10.7. The van der Waals surface area contributed by atoms with Crippen LogP contribution in [-0.2, 0) is 16.9 Å². The Balaban J connectivity index is 1.27. The van der Waals surface area contributed by atoms with Crippen molar-refractivity contribution in [2.75, 3.05) is 18.4 Å². The van der Waals surface area contributed by atoms with Crippen LogP contribution in [0.1, 0.15) is 36.5 Å². The molecule has 2 aliphatic heterocycles. The molecule has 1 unspecified atom stereocenters. The molecule has 0 bridgehead atoms. The van der Waals surface area contributed by atoms with E-state index in [1.54, 1.807) is 23.2 Å². The van der Waals surface area contributed by atoms with Crippen LogP contribution in [0.4, 0.5) is 15.3 Å². The van der Waals surface area contributed by atoms with Crippen LogP contribution in [0, 0.1) is 6.92 Å². The molecule has 4 N–H and O–H groups in total. The maximum Gasteiger partial charge on any atom is 0.333 e. The SMILES string of the molecule is Cc1cc(C(C)(NC(=O)N2CCC(N3Cc4ccccc4NC3=O)CC2)C(=O)O)cc2cn[nH]c12. The average molecular weight is 477 g/mol. The zero-order valence-electron chi connectivity index (χ0n) is 19.7. The van der Waals surface area contributed by atoms with Gasteiger partial charge in [-0.05, 0) is 55.5 Å². The molecule has 3 aromatic rings. The first kappa shape index (κ1) is 22.7. The molecule has 35 heavy (non-hydrogen) atoms. The molecule has 0 aliphatic carbocycles. The molecular weight excluding hydrogens is 448 g/mol. The fourth-order valence-corrected chi connectivity index (χ4v) is 4.96. The summed E-state index contributed by atoms with van der Waals surface area (Å²) in [7, 11) is 0. The van der Waals surface area contributed by atoms with Crippen LogP contribution in [0.25, 0.3) is 10.9 Å². The minimum atomic E-state index is -1.61. The van der Waals surface area contributed by atoms with E-state index in [2.05, 4.69) is 20.8 Å². The van der Waals surface area contributed by atoms with Crippen LogP contribution in [-0.4, -0.2) is 62.3 Å². The molecule has 0 radical (unpaired) electrons. The number of hydrogen-bond donors (Lipinski definition) is 4. The van der Waals surface area contributed by atoms with Gasteiger partial charge in [0, 0.05) is 36.7 Å². The van der Waals surface area contributed by atoms with E-state index in [1.165, 1.54) is 6.92 Å². The number of fused-ring (bicyclic) bond motifs is 2. The maximum absolute atomic E-state index is 13.1. The molecule has 0 saturated carbocycles. The van der Waals surface area contributed by atoms with Crippen molar-refractivity contribution in [3.05, 3.63) is 59.3 Å². The molecule has 1 saturated heterocycles. The second kappa shape index (κ2) is 8.61. The van der Waals surface area contributed by atoms with E-state index in [0.29, 0.717) is 38.0 Å². The third kappa shape index (κ3) is 4.05. The largest absolute Gasteiger partial charge is 0.479 e. The van der Waals surface area contributed by atoms with E-state index < -0.39 is 17.5 Å². The van der Waals surface area contributed by atoms with E-state index in [0.717, 1.165) is 27.7 Å². The van der Waals surface area contributed by atoms with Crippen LogP contribution in [0.15, 0.2) is 42.6 Å². The summed E-state index contributed by atoms with van der Waals surface area (Å²) in [5.74, 6) is -1.15. The van der Waals surface area contributed by atoms with Crippen molar-refractivity contribution < 1.29 is 19.5 Å². The molecule has 0 spiro atoms. The normalized spacial score (nSPS) is 18.1. The van der Waals surface area contributed by atoms with Crippen molar-refractivity contribution >= 4 is 34.6 Å². The van der Waals surface area contributed by atoms with Crippen molar-refractivity contribution in [2.45, 2.75) is 44.8 Å². The Labute approximate surface area is 202 Å². The maximum atomic E-state index is 13.1. The van der Waals surface area contributed by atoms with Gasteiger partial charge in [0.05, 0.1) is 11.7 Å². The highest BCUT2D eigenvalue weighted by atomic mass is 16.4. The van der Waals surface area contributed by atoms with Gasteiger partial charge in [-0.1, -0.05) is 24.3 Å². The number of aryl methyl sites for hydroxylation is 1. The van der Waals surface area contributed by atoms with Crippen LogP contribution >= 0.6 is 0 Å². The smallest absolute Gasteiger partial charge is 0.333 e. The van der Waals surface area contributed by atoms with E-state index in [1.807, 2.05) is 36.1 Å². The van der Waals surface area contributed by atoms with Gasteiger partial charge in [0.25, 0.3) is 0 Å². The number of likely N-dealkylation sites (tertiary alicyclic amines) is 1. The first-order valence-corrected chi connectivity index (χ1v) is 11.7. The van der Waals surface area contributed by atoms with Gasteiger partial charge in [-0.25, -0.2) is 14.4 Å². The zero-order chi connectivity index (χ0) is 24.7. The lowest BCUT2D eigenvalue weighted by atomic mass is 9.89. The number of aliphatic carboxylic acids is 1. The number of carboxylic acids is 1. The minimum Gasteiger partial charge on any atom is -0.479 e. The highest BCUT2D eigenvalue weighted by Gasteiger charge is 2.40. The molecule has 3 heterocycles. The molecule has 4 amide bonds. The van der Waals surface area contributed by atoms with E-state index in [-0.39, 0.29) is 12.1 Å². The van der Waals surface area contributed by atoms with Gasteiger partial charge in [0.1, 0.15) is 0 Å². The fraction of sp³-hybridized carbons (Fsp3) is 0.360. The molecule has 1 atom stereocenters. The molecule has 2 aliphatic rings. The summed E-state index contributed by atoms with van der Waals surface area (Å²) in [4.78, 5) is 41.5. The van der Waals surface area contributed by atoms with Crippen LogP contribution < -0.4 is 10.6 Å². The molecule has 182 valence electrons. The Morgan fingerprint density at radius 2 is 1.94 bits per heavy atom. The monoisotopic (exact) mass is 476 g/mol. The number of H-pyrrole nitrogens is 1. The molecule has 10 heteroatoms. The fourth-order valence-electron chi connectivity index (χ4n) is 4.96. The van der Waals surface area contributed by atoms with Gasteiger partial charge in [-0.2, -0.15) is 5.10 Å². The van der Waals surface area contributed by atoms with Crippen molar-refractivity contribution in [3.8, 4) is 0 Å². The van der Waals surface area contributed by atoms with E-state index >= 15 is 0 Å². The molecular formula is C25H28N6O4. The summed E-state index contributed by atoms with van der Waals surface area (Å²) in [5, 5.41) is 23.5. The lowest BCUT2D eigenvalue weighted by molar-refractivity contribution is -0.144. The Kier molecular flexibility index (Phi) is 5.58. The first-order valence-electron chi connectivity index (χ1n) is 11.7. The van der Waals surface area contributed by atoms with Gasteiger partial charge < -0.3 is 25.5 Å². The molecule has 1 aromatic heterocycles.